The lowest BCUT2D eigenvalue weighted by molar-refractivity contribution is -0.0453. The van der Waals surface area contributed by atoms with E-state index in [1.165, 1.54) is 11.1 Å². The summed E-state index contributed by atoms with van der Waals surface area (Å²) in [6.45, 7) is 1.05. The molecule has 23 heavy (non-hydrogen) atoms. The highest BCUT2D eigenvalue weighted by Gasteiger charge is 2.64. The van der Waals surface area contributed by atoms with Crippen LogP contribution in [0.15, 0.2) is 24.3 Å². The first kappa shape index (κ1) is 15.0. The normalized spacial score (nSPS) is 39.3. The first-order valence-electron chi connectivity index (χ1n) is 8.10. The molecule has 0 saturated carbocycles. The number of methoxy groups -OCH3 is 1. The minimum Gasteiger partial charge on any atom is -0.493 e. The molecule has 5 heteroatoms. The quantitative estimate of drug-likeness (QED) is 0.771. The molecule has 2 heterocycles. The van der Waals surface area contributed by atoms with Crippen molar-refractivity contribution in [1.82, 2.24) is 11.1 Å². The van der Waals surface area contributed by atoms with Crippen LogP contribution in [0.5, 0.6) is 11.5 Å². The van der Waals surface area contributed by atoms with E-state index in [2.05, 4.69) is 24.1 Å². The van der Waals surface area contributed by atoms with Gasteiger partial charge in [0.25, 0.3) is 0 Å². The van der Waals surface area contributed by atoms with Crippen molar-refractivity contribution in [3.8, 4) is 11.5 Å². The number of likely N-dealkylation sites (N-methyl/N-ethyl adjacent to an activating group) is 1. The topological polar surface area (TPSA) is 76.9 Å². The van der Waals surface area contributed by atoms with Gasteiger partial charge in [-0.1, -0.05) is 18.2 Å². The Morgan fingerprint density at radius 2 is 2.17 bits per heavy atom. The van der Waals surface area contributed by atoms with E-state index >= 15 is 0 Å². The molecule has 4 aliphatic rings. The van der Waals surface area contributed by atoms with Crippen molar-refractivity contribution >= 4 is 0 Å². The van der Waals surface area contributed by atoms with Gasteiger partial charge >= 0.3 is 0 Å². The van der Waals surface area contributed by atoms with Gasteiger partial charge < -0.3 is 25.6 Å². The molecule has 1 spiro atoms. The minimum atomic E-state index is -0.539. The maximum atomic E-state index is 10.6. The van der Waals surface area contributed by atoms with Crippen molar-refractivity contribution in [2.24, 2.45) is 5.92 Å². The molecule has 2 aliphatic carbocycles. The Labute approximate surface area is 136 Å². The molecule has 0 amide bonds. The number of likely N-dealkylation sites (tertiary alicyclic amines) is 1. The van der Waals surface area contributed by atoms with Crippen molar-refractivity contribution in [3.63, 3.8) is 0 Å². The fourth-order valence-electron chi connectivity index (χ4n) is 5.39. The van der Waals surface area contributed by atoms with E-state index in [9.17, 15) is 5.11 Å². The van der Waals surface area contributed by atoms with E-state index in [4.69, 9.17) is 9.47 Å². The van der Waals surface area contributed by atoms with Crippen LogP contribution < -0.4 is 15.6 Å². The molecule has 2 aliphatic heterocycles. The fraction of sp³-hybridized carbons (Fsp3) is 0.556. The summed E-state index contributed by atoms with van der Waals surface area (Å²) in [5.74, 6) is 2.09. The molecular weight excluding hydrogens is 292 g/mol. The highest BCUT2D eigenvalue weighted by molar-refractivity contribution is 5.62. The first-order chi connectivity index (χ1) is 10.7. The first-order valence-corrected chi connectivity index (χ1v) is 8.10. The second kappa shape index (κ2) is 4.72. The number of hydrogen-bond acceptors (Lipinski definition) is 5. The van der Waals surface area contributed by atoms with E-state index in [1.807, 2.05) is 12.1 Å². The van der Waals surface area contributed by atoms with Crippen LogP contribution >= 0.6 is 0 Å². The van der Waals surface area contributed by atoms with Crippen LogP contribution in [0.1, 0.15) is 17.5 Å². The Morgan fingerprint density at radius 1 is 1.35 bits per heavy atom. The number of nitrogens with zero attached hydrogens (tertiary/aromatic N) is 1. The summed E-state index contributed by atoms with van der Waals surface area (Å²) in [6.07, 6.45) is 5.54. The monoisotopic (exact) mass is 316 g/mol. The lowest BCUT2D eigenvalue weighted by Crippen LogP contribution is -2.64. The van der Waals surface area contributed by atoms with Crippen LogP contribution in [0.25, 0.3) is 0 Å². The lowest BCUT2D eigenvalue weighted by Gasteiger charge is -2.56. The van der Waals surface area contributed by atoms with E-state index in [0.717, 1.165) is 30.9 Å². The van der Waals surface area contributed by atoms with E-state index in [1.54, 1.807) is 7.11 Å². The molecule has 1 aromatic rings. The van der Waals surface area contributed by atoms with Gasteiger partial charge in [0.05, 0.1) is 7.11 Å². The van der Waals surface area contributed by atoms with Crippen molar-refractivity contribution in [2.45, 2.75) is 36.5 Å². The van der Waals surface area contributed by atoms with E-state index in [0.29, 0.717) is 12.0 Å². The molecule has 124 valence electrons. The zero-order valence-corrected chi connectivity index (χ0v) is 13.7. The molecular formula is C18H24N2O3. The molecule has 5 rings (SSSR count). The fourth-order valence-corrected chi connectivity index (χ4v) is 5.39. The second-order valence-electron chi connectivity index (χ2n) is 7.11. The summed E-state index contributed by atoms with van der Waals surface area (Å²) < 4.78 is 11.8. The Kier molecular flexibility index (Phi) is 3.08. The number of ether oxygens (including phenoxy) is 2. The van der Waals surface area contributed by atoms with Crippen molar-refractivity contribution in [2.75, 3.05) is 20.7 Å². The molecule has 5 atom stereocenters. The van der Waals surface area contributed by atoms with Crippen molar-refractivity contribution < 1.29 is 14.6 Å². The molecule has 0 radical (unpaired) electrons. The van der Waals surface area contributed by atoms with Crippen LogP contribution in [0.3, 0.4) is 0 Å². The summed E-state index contributed by atoms with van der Waals surface area (Å²) in [4.78, 5) is 2.47. The molecule has 1 saturated heterocycles. The Hall–Kier alpha value is -1.56. The van der Waals surface area contributed by atoms with Crippen LogP contribution in [0.4, 0.5) is 0 Å². The minimum absolute atomic E-state index is 0. The maximum absolute atomic E-state index is 10.6. The summed E-state index contributed by atoms with van der Waals surface area (Å²) in [7, 11) is 3.91. The smallest absolute Gasteiger partial charge is 0.165 e. The van der Waals surface area contributed by atoms with Crippen LogP contribution in [0, 0.1) is 5.92 Å². The van der Waals surface area contributed by atoms with Crippen molar-refractivity contribution in [1.29, 1.82) is 0 Å². The third-order valence-electron chi connectivity index (χ3n) is 6.35. The largest absolute Gasteiger partial charge is 0.493 e. The van der Waals surface area contributed by atoms with Gasteiger partial charge in [0, 0.05) is 22.9 Å². The SMILES string of the molecule is COc1ccc2c3c1O[C@H]1[C@@H](O)C=C[C@H]4[C@@H](C2)N(C)CC[C@@]341.N. The third-order valence-corrected chi connectivity index (χ3v) is 6.35. The molecule has 1 aromatic carbocycles. The molecule has 1 fully saturated rings. The molecule has 4 N–H and O–H groups in total. The molecule has 2 bridgehead atoms. The van der Waals surface area contributed by atoms with Gasteiger partial charge in [-0.05, 0) is 38.1 Å². The molecule has 0 aromatic heterocycles. The predicted octanol–water partition coefficient (Wildman–Crippen LogP) is 1.66. The Morgan fingerprint density at radius 3 is 2.96 bits per heavy atom. The highest BCUT2D eigenvalue weighted by Crippen LogP contribution is 2.62. The van der Waals surface area contributed by atoms with Gasteiger partial charge in [0.15, 0.2) is 11.5 Å². The van der Waals surface area contributed by atoms with E-state index in [-0.39, 0.29) is 17.7 Å². The molecule has 0 unspecified atom stereocenters. The van der Waals surface area contributed by atoms with Gasteiger partial charge in [-0.15, -0.1) is 0 Å². The summed E-state index contributed by atoms with van der Waals surface area (Å²) in [5.41, 5.74) is 2.60. The second-order valence-corrected chi connectivity index (χ2v) is 7.11. The van der Waals surface area contributed by atoms with E-state index < -0.39 is 6.10 Å². The molecule has 5 nitrogen and oxygen atoms in total. The van der Waals surface area contributed by atoms with Crippen LogP contribution in [-0.2, 0) is 11.8 Å². The average molecular weight is 316 g/mol. The number of piperidine rings is 1. The zero-order valence-electron chi connectivity index (χ0n) is 13.7. The average Bonchev–Trinajstić information content (AvgIpc) is 2.88. The number of aliphatic hydroxyl groups excluding tert-OH is 1. The van der Waals surface area contributed by atoms with Crippen molar-refractivity contribution in [3.05, 3.63) is 35.4 Å². The van der Waals surface area contributed by atoms with Crippen LogP contribution in [-0.4, -0.2) is 49.0 Å². The van der Waals surface area contributed by atoms with Gasteiger partial charge in [-0.3, -0.25) is 0 Å². The van der Waals surface area contributed by atoms with Gasteiger partial charge in [0.1, 0.15) is 12.2 Å². The van der Waals surface area contributed by atoms with Gasteiger partial charge in [-0.2, -0.15) is 0 Å². The summed E-state index contributed by atoms with van der Waals surface area (Å²) in [6, 6.07) is 4.70. The summed E-state index contributed by atoms with van der Waals surface area (Å²) >= 11 is 0. The van der Waals surface area contributed by atoms with Gasteiger partial charge in [0.2, 0.25) is 0 Å². The zero-order chi connectivity index (χ0) is 15.1. The third kappa shape index (κ3) is 1.57. The van der Waals surface area contributed by atoms with Crippen LogP contribution in [0.2, 0.25) is 0 Å². The lowest BCUT2D eigenvalue weighted by atomic mass is 9.53. The summed E-state index contributed by atoms with van der Waals surface area (Å²) in [5, 5.41) is 10.6. The number of rotatable bonds is 1. The Bertz CT molecular complexity index is 689. The van der Waals surface area contributed by atoms with Gasteiger partial charge in [-0.25, -0.2) is 0 Å². The number of benzene rings is 1. The number of aliphatic hydroxyl groups is 1. The highest BCUT2D eigenvalue weighted by atomic mass is 16.5. The Balaban J connectivity index is 0.00000135. The predicted molar refractivity (Wildman–Crippen MR) is 87.5 cm³/mol. The standard InChI is InChI=1S/C18H21NO3.H3N/c1-19-8-7-18-11-4-5-13(20)17(18)22-16-14(21-2)6-3-10(15(16)18)9-12(11)19;/h3-6,11-13,17,20H,7-9H2,1-2H3;1H3/t11-,12+,13-,17-,18-;/m0./s1. The number of hydrogen-bond donors (Lipinski definition) is 2. The maximum Gasteiger partial charge on any atom is 0.165 e.